The Balaban J connectivity index is 1.20. The van der Waals surface area contributed by atoms with Crippen LogP contribution < -0.4 is 10.2 Å². The number of carboxylic acid groups (broad SMARTS) is 1. The van der Waals surface area contributed by atoms with E-state index in [2.05, 4.69) is 26.2 Å². The molecule has 9 heteroatoms. The molecular formula is C27H33ClN6O2. The van der Waals surface area contributed by atoms with Crippen molar-refractivity contribution in [2.24, 2.45) is 17.8 Å². The summed E-state index contributed by atoms with van der Waals surface area (Å²) in [6.45, 7) is 8.02. The molecule has 0 bridgehead atoms. The molecule has 1 aliphatic carbocycles. The smallest absolute Gasteiger partial charge is 0.306 e. The molecule has 8 nitrogen and oxygen atoms in total. The van der Waals surface area contributed by atoms with Crippen LogP contribution in [0.1, 0.15) is 55.5 Å². The van der Waals surface area contributed by atoms with E-state index in [1.807, 2.05) is 32.0 Å². The number of aromatic nitrogens is 2. The molecule has 2 aliphatic heterocycles. The molecule has 1 saturated carbocycles. The molecule has 2 saturated heterocycles. The lowest BCUT2D eigenvalue weighted by Crippen LogP contribution is -2.56. The number of likely N-dealkylation sites (tertiary alicyclic amines) is 1. The Bertz CT molecular complexity index is 1170. The van der Waals surface area contributed by atoms with Crippen molar-refractivity contribution in [2.75, 3.05) is 36.4 Å². The summed E-state index contributed by atoms with van der Waals surface area (Å²) in [6, 6.07) is 8.41. The van der Waals surface area contributed by atoms with Crippen LogP contribution in [0, 0.1) is 36.0 Å². The predicted molar refractivity (Wildman–Crippen MR) is 139 cm³/mol. The molecule has 2 aromatic rings. The molecule has 5 rings (SSSR count). The standard InChI is InChI=1S/C27H33ClN6O2/c1-16-5-6-22(23(28)8-16)17(2)31-26-24(11-29)30-12-25(32-26)34-14-20(15-34)18-4-3-7-33(13-18)21-9-19(10-21)27(35)36/h5-6,8,12,17-21H,3-4,7,9-10,13-15H2,1-2H3,(H,31,32)(H,35,36)/t17-,18+,19?,21?/m1/s1. The zero-order chi connectivity index (χ0) is 25.4. The van der Waals surface area contributed by atoms with Crippen LogP contribution in [0.4, 0.5) is 11.6 Å². The van der Waals surface area contributed by atoms with E-state index in [1.165, 1.54) is 12.8 Å². The lowest BCUT2D eigenvalue weighted by atomic mass is 9.76. The number of rotatable bonds is 7. The second-order valence-corrected chi connectivity index (χ2v) is 11.1. The van der Waals surface area contributed by atoms with E-state index in [0.29, 0.717) is 28.7 Å². The number of nitrogens with zero attached hydrogens (tertiary/aromatic N) is 5. The molecule has 3 heterocycles. The molecule has 1 aromatic heterocycles. The van der Waals surface area contributed by atoms with Gasteiger partial charge in [-0.3, -0.25) is 4.79 Å². The highest BCUT2D eigenvalue weighted by atomic mass is 35.5. The van der Waals surface area contributed by atoms with Crippen molar-refractivity contribution >= 4 is 29.2 Å². The topological polar surface area (TPSA) is 105 Å². The van der Waals surface area contributed by atoms with Gasteiger partial charge in [0.15, 0.2) is 11.5 Å². The van der Waals surface area contributed by atoms with Crippen LogP contribution in [0.5, 0.6) is 0 Å². The van der Waals surface area contributed by atoms with Gasteiger partial charge in [0.25, 0.3) is 0 Å². The number of hydrogen-bond acceptors (Lipinski definition) is 7. The molecule has 0 radical (unpaired) electrons. The SMILES string of the molecule is Cc1ccc([C@@H](C)Nc2nc(N3CC([C@H]4CCCN(C5CC(C(=O)O)C5)C4)C3)cnc2C#N)c(Cl)c1. The predicted octanol–water partition coefficient (Wildman–Crippen LogP) is 4.49. The minimum Gasteiger partial charge on any atom is -0.481 e. The highest BCUT2D eigenvalue weighted by Crippen LogP contribution is 2.38. The number of benzene rings is 1. The van der Waals surface area contributed by atoms with Gasteiger partial charge in [0.2, 0.25) is 0 Å². The van der Waals surface area contributed by atoms with Gasteiger partial charge < -0.3 is 20.2 Å². The highest BCUT2D eigenvalue weighted by molar-refractivity contribution is 6.31. The number of aliphatic carboxylic acids is 1. The fraction of sp³-hybridized carbons (Fsp3) is 0.556. The van der Waals surface area contributed by atoms with Gasteiger partial charge in [-0.15, -0.1) is 0 Å². The molecule has 2 atom stereocenters. The summed E-state index contributed by atoms with van der Waals surface area (Å²) in [5.74, 6) is 1.68. The third-order valence-electron chi connectivity index (χ3n) is 8.21. The summed E-state index contributed by atoms with van der Waals surface area (Å²) in [7, 11) is 0. The van der Waals surface area contributed by atoms with Gasteiger partial charge in [-0.25, -0.2) is 9.97 Å². The second-order valence-electron chi connectivity index (χ2n) is 10.7. The van der Waals surface area contributed by atoms with E-state index in [0.717, 1.165) is 56.0 Å². The molecule has 190 valence electrons. The number of halogens is 1. The first-order chi connectivity index (χ1) is 17.3. The molecular weight excluding hydrogens is 476 g/mol. The average molecular weight is 509 g/mol. The van der Waals surface area contributed by atoms with Gasteiger partial charge in [-0.2, -0.15) is 5.26 Å². The number of carboxylic acids is 1. The average Bonchev–Trinajstić information content (AvgIpc) is 2.77. The second kappa shape index (κ2) is 10.2. The van der Waals surface area contributed by atoms with Gasteiger partial charge in [0.05, 0.1) is 18.2 Å². The molecule has 3 aliphatic rings. The third-order valence-corrected chi connectivity index (χ3v) is 8.54. The van der Waals surface area contributed by atoms with Crippen molar-refractivity contribution < 1.29 is 9.90 Å². The molecule has 1 aromatic carbocycles. The van der Waals surface area contributed by atoms with Gasteiger partial charge in [0, 0.05) is 30.7 Å². The summed E-state index contributed by atoms with van der Waals surface area (Å²) in [6.07, 6.45) is 5.69. The maximum Gasteiger partial charge on any atom is 0.306 e. The number of hydrogen-bond donors (Lipinski definition) is 2. The van der Waals surface area contributed by atoms with E-state index in [9.17, 15) is 15.2 Å². The van der Waals surface area contributed by atoms with Crippen LogP contribution in [-0.4, -0.2) is 58.2 Å². The minimum absolute atomic E-state index is 0.126. The lowest BCUT2D eigenvalue weighted by Gasteiger charge is -2.50. The molecule has 2 N–H and O–H groups in total. The number of anilines is 2. The fourth-order valence-electron chi connectivity index (χ4n) is 5.82. The van der Waals surface area contributed by atoms with E-state index >= 15 is 0 Å². The zero-order valence-corrected chi connectivity index (χ0v) is 21.6. The Labute approximate surface area is 217 Å². The number of nitriles is 1. The van der Waals surface area contributed by atoms with Crippen molar-refractivity contribution in [1.82, 2.24) is 14.9 Å². The van der Waals surface area contributed by atoms with Crippen LogP contribution in [0.15, 0.2) is 24.4 Å². The Kier molecular flexibility index (Phi) is 7.05. The maximum absolute atomic E-state index is 11.2. The van der Waals surface area contributed by atoms with Gasteiger partial charge in [-0.1, -0.05) is 23.7 Å². The highest BCUT2D eigenvalue weighted by Gasteiger charge is 2.42. The van der Waals surface area contributed by atoms with E-state index < -0.39 is 5.97 Å². The number of nitrogens with one attached hydrogen (secondary N) is 1. The van der Waals surface area contributed by atoms with Gasteiger partial charge in [0.1, 0.15) is 11.9 Å². The van der Waals surface area contributed by atoms with Crippen LogP contribution >= 0.6 is 11.6 Å². The van der Waals surface area contributed by atoms with Crippen molar-refractivity contribution in [3.8, 4) is 6.07 Å². The van der Waals surface area contributed by atoms with E-state index in [1.54, 1.807) is 6.20 Å². The Morgan fingerprint density at radius 3 is 2.75 bits per heavy atom. The van der Waals surface area contributed by atoms with E-state index in [4.69, 9.17) is 16.6 Å². The van der Waals surface area contributed by atoms with Crippen molar-refractivity contribution in [1.29, 1.82) is 5.26 Å². The minimum atomic E-state index is -0.650. The Hall–Kier alpha value is -2.89. The lowest BCUT2D eigenvalue weighted by molar-refractivity contribution is -0.147. The number of piperidine rings is 1. The van der Waals surface area contributed by atoms with Crippen LogP contribution in [0.2, 0.25) is 5.02 Å². The summed E-state index contributed by atoms with van der Waals surface area (Å²) >= 11 is 6.45. The Morgan fingerprint density at radius 2 is 2.06 bits per heavy atom. The fourth-order valence-corrected chi connectivity index (χ4v) is 6.22. The van der Waals surface area contributed by atoms with Crippen LogP contribution in [0.3, 0.4) is 0 Å². The quantitative estimate of drug-likeness (QED) is 0.563. The number of carbonyl (C=O) groups is 1. The zero-order valence-electron chi connectivity index (χ0n) is 20.8. The van der Waals surface area contributed by atoms with Crippen molar-refractivity contribution in [3.05, 3.63) is 46.2 Å². The van der Waals surface area contributed by atoms with Crippen molar-refractivity contribution in [3.63, 3.8) is 0 Å². The summed E-state index contributed by atoms with van der Waals surface area (Å²) < 4.78 is 0. The molecule has 0 amide bonds. The normalized spacial score (nSPS) is 25.4. The van der Waals surface area contributed by atoms with Crippen LogP contribution in [-0.2, 0) is 4.79 Å². The molecule has 36 heavy (non-hydrogen) atoms. The summed E-state index contributed by atoms with van der Waals surface area (Å²) in [4.78, 5) is 25.1. The first-order valence-electron chi connectivity index (χ1n) is 12.8. The summed E-state index contributed by atoms with van der Waals surface area (Å²) in [5.41, 5.74) is 2.32. The first-order valence-corrected chi connectivity index (χ1v) is 13.2. The molecule has 3 fully saturated rings. The largest absolute Gasteiger partial charge is 0.481 e. The van der Waals surface area contributed by atoms with E-state index in [-0.39, 0.29) is 17.7 Å². The maximum atomic E-state index is 11.2. The van der Waals surface area contributed by atoms with Crippen LogP contribution in [0.25, 0.3) is 0 Å². The number of aryl methyl sites for hydroxylation is 1. The van der Waals surface area contributed by atoms with Gasteiger partial charge >= 0.3 is 5.97 Å². The monoisotopic (exact) mass is 508 g/mol. The third kappa shape index (κ3) is 5.00. The van der Waals surface area contributed by atoms with Crippen molar-refractivity contribution in [2.45, 2.75) is 51.6 Å². The first kappa shape index (κ1) is 24.8. The summed E-state index contributed by atoms with van der Waals surface area (Å²) in [5, 5.41) is 22.8. The molecule has 0 unspecified atom stereocenters. The van der Waals surface area contributed by atoms with Gasteiger partial charge in [-0.05, 0) is 75.1 Å². The molecule has 0 spiro atoms. The Morgan fingerprint density at radius 1 is 1.28 bits per heavy atom.